The number of rotatable bonds is 3. The van der Waals surface area contributed by atoms with E-state index in [-0.39, 0.29) is 16.7 Å². The maximum atomic E-state index is 13.4. The van der Waals surface area contributed by atoms with E-state index in [0.29, 0.717) is 17.3 Å². The van der Waals surface area contributed by atoms with Crippen molar-refractivity contribution in [1.82, 2.24) is 9.97 Å². The smallest absolute Gasteiger partial charge is 0.243 e. The number of benzene rings is 1. The van der Waals surface area contributed by atoms with Gasteiger partial charge in [-0.3, -0.25) is 0 Å². The largest absolute Gasteiger partial charge is 0.437 e. The molecular weight excluding hydrogens is 257 g/mol. The zero-order valence-corrected chi connectivity index (χ0v) is 10.6. The summed E-state index contributed by atoms with van der Waals surface area (Å²) in [5.41, 5.74) is 0.548. The molecule has 2 rings (SSSR count). The first-order chi connectivity index (χ1) is 8.60. The molecule has 0 amide bonds. The number of aryl methyl sites for hydroxylation is 1. The number of hydrogen-bond donors (Lipinski definition) is 1. The van der Waals surface area contributed by atoms with Gasteiger partial charge in [-0.2, -0.15) is 4.98 Å². The van der Waals surface area contributed by atoms with E-state index in [0.717, 1.165) is 0 Å². The van der Waals surface area contributed by atoms with Crippen LogP contribution in [-0.2, 0) is 0 Å². The van der Waals surface area contributed by atoms with Crippen molar-refractivity contribution in [2.75, 3.05) is 12.4 Å². The van der Waals surface area contributed by atoms with Crippen LogP contribution in [0.15, 0.2) is 24.4 Å². The minimum atomic E-state index is -0.341. The van der Waals surface area contributed by atoms with Crippen molar-refractivity contribution in [2.45, 2.75) is 6.92 Å². The molecule has 1 aromatic carbocycles. The summed E-state index contributed by atoms with van der Waals surface area (Å²) >= 11 is 5.90. The normalized spacial score (nSPS) is 10.2. The molecule has 0 saturated heterocycles. The Kier molecular flexibility index (Phi) is 3.62. The van der Waals surface area contributed by atoms with Crippen LogP contribution in [0.25, 0.3) is 0 Å². The second-order valence-corrected chi connectivity index (χ2v) is 4.02. The maximum absolute atomic E-state index is 13.4. The van der Waals surface area contributed by atoms with Gasteiger partial charge < -0.3 is 10.1 Å². The van der Waals surface area contributed by atoms with Crippen LogP contribution >= 0.6 is 11.6 Å². The molecule has 6 heteroatoms. The third-order valence-corrected chi connectivity index (χ3v) is 2.55. The SMILES string of the molecule is CNc1ncc(Cl)c(Oc2ccc(C)c(F)c2)n1. The van der Waals surface area contributed by atoms with Gasteiger partial charge in [-0.05, 0) is 18.6 Å². The molecule has 94 valence electrons. The monoisotopic (exact) mass is 267 g/mol. The van der Waals surface area contributed by atoms with Crippen molar-refractivity contribution >= 4 is 17.5 Å². The molecule has 18 heavy (non-hydrogen) atoms. The molecule has 1 heterocycles. The van der Waals surface area contributed by atoms with E-state index in [1.807, 2.05) is 0 Å². The molecule has 0 saturated carbocycles. The zero-order valence-electron chi connectivity index (χ0n) is 9.87. The van der Waals surface area contributed by atoms with Crippen molar-refractivity contribution in [3.63, 3.8) is 0 Å². The Morgan fingerprint density at radius 2 is 2.17 bits per heavy atom. The van der Waals surface area contributed by atoms with E-state index >= 15 is 0 Å². The van der Waals surface area contributed by atoms with Crippen LogP contribution < -0.4 is 10.1 Å². The lowest BCUT2D eigenvalue weighted by Crippen LogP contribution is -1.98. The molecule has 0 radical (unpaired) electrons. The second-order valence-electron chi connectivity index (χ2n) is 3.61. The summed E-state index contributed by atoms with van der Waals surface area (Å²) in [6, 6.07) is 4.56. The lowest BCUT2D eigenvalue weighted by atomic mass is 10.2. The van der Waals surface area contributed by atoms with Crippen molar-refractivity contribution in [1.29, 1.82) is 0 Å². The van der Waals surface area contributed by atoms with Gasteiger partial charge in [0.25, 0.3) is 0 Å². The Balaban J connectivity index is 2.30. The van der Waals surface area contributed by atoms with Crippen molar-refractivity contribution in [3.05, 3.63) is 40.8 Å². The van der Waals surface area contributed by atoms with E-state index in [1.165, 1.54) is 12.3 Å². The predicted octanol–water partition coefficient (Wildman–Crippen LogP) is 3.41. The first-order valence-corrected chi connectivity index (χ1v) is 5.62. The molecular formula is C12H11ClFN3O. The fourth-order valence-corrected chi connectivity index (χ4v) is 1.42. The average Bonchev–Trinajstić information content (AvgIpc) is 2.36. The van der Waals surface area contributed by atoms with E-state index in [4.69, 9.17) is 16.3 Å². The fraction of sp³-hybridized carbons (Fsp3) is 0.167. The summed E-state index contributed by atoms with van der Waals surface area (Å²) in [6.45, 7) is 1.68. The number of nitrogens with zero attached hydrogens (tertiary/aromatic N) is 2. The van der Waals surface area contributed by atoms with Crippen LogP contribution in [0.1, 0.15) is 5.56 Å². The first kappa shape index (κ1) is 12.6. The second kappa shape index (κ2) is 5.18. The van der Waals surface area contributed by atoms with Gasteiger partial charge in [0, 0.05) is 13.1 Å². The number of aromatic nitrogens is 2. The number of hydrogen-bond acceptors (Lipinski definition) is 4. The van der Waals surface area contributed by atoms with Gasteiger partial charge in [0.15, 0.2) is 0 Å². The summed E-state index contributed by atoms with van der Waals surface area (Å²) in [4.78, 5) is 7.96. The highest BCUT2D eigenvalue weighted by Gasteiger charge is 2.08. The van der Waals surface area contributed by atoms with Crippen LogP contribution in [0.5, 0.6) is 11.6 Å². The molecule has 2 aromatic rings. The molecule has 0 aliphatic heterocycles. The lowest BCUT2D eigenvalue weighted by Gasteiger charge is -2.08. The highest BCUT2D eigenvalue weighted by Crippen LogP contribution is 2.28. The molecule has 1 N–H and O–H groups in total. The maximum Gasteiger partial charge on any atom is 0.243 e. The number of nitrogens with one attached hydrogen (secondary N) is 1. The summed E-state index contributed by atoms with van der Waals surface area (Å²) < 4.78 is 18.8. The lowest BCUT2D eigenvalue weighted by molar-refractivity contribution is 0.457. The standard InChI is InChI=1S/C12H11ClFN3O/c1-7-3-4-8(5-10(7)14)18-11-9(13)6-16-12(15-2)17-11/h3-6H,1-2H3,(H,15,16,17). The highest BCUT2D eigenvalue weighted by molar-refractivity contribution is 6.31. The van der Waals surface area contributed by atoms with Gasteiger partial charge in [-0.1, -0.05) is 17.7 Å². The third-order valence-electron chi connectivity index (χ3n) is 2.29. The number of halogens is 2. The topological polar surface area (TPSA) is 47.0 Å². The summed E-state index contributed by atoms with van der Waals surface area (Å²) in [6.07, 6.45) is 1.42. The highest BCUT2D eigenvalue weighted by atomic mass is 35.5. The molecule has 4 nitrogen and oxygen atoms in total. The van der Waals surface area contributed by atoms with E-state index in [2.05, 4.69) is 15.3 Å². The molecule has 0 spiro atoms. The fourth-order valence-electron chi connectivity index (χ4n) is 1.29. The van der Waals surface area contributed by atoms with E-state index < -0.39 is 0 Å². The molecule has 1 aromatic heterocycles. The van der Waals surface area contributed by atoms with E-state index in [1.54, 1.807) is 26.1 Å². The average molecular weight is 268 g/mol. The van der Waals surface area contributed by atoms with Gasteiger partial charge in [0.1, 0.15) is 16.6 Å². The molecule has 0 aliphatic rings. The number of ether oxygens (including phenoxy) is 1. The zero-order chi connectivity index (χ0) is 13.1. The minimum Gasteiger partial charge on any atom is -0.437 e. The quantitative estimate of drug-likeness (QED) is 0.926. The summed E-state index contributed by atoms with van der Waals surface area (Å²) in [7, 11) is 1.68. The van der Waals surface area contributed by atoms with Crippen molar-refractivity contribution in [2.24, 2.45) is 0 Å². The Labute approximate surface area is 109 Å². The van der Waals surface area contributed by atoms with Crippen LogP contribution in [-0.4, -0.2) is 17.0 Å². The Hall–Kier alpha value is -1.88. The van der Waals surface area contributed by atoms with E-state index in [9.17, 15) is 4.39 Å². The Morgan fingerprint density at radius 3 is 2.83 bits per heavy atom. The molecule has 0 unspecified atom stereocenters. The third kappa shape index (κ3) is 2.68. The van der Waals surface area contributed by atoms with Gasteiger partial charge >= 0.3 is 0 Å². The van der Waals surface area contributed by atoms with Crippen LogP contribution in [0.3, 0.4) is 0 Å². The van der Waals surface area contributed by atoms with Gasteiger partial charge in [-0.15, -0.1) is 0 Å². The first-order valence-electron chi connectivity index (χ1n) is 5.24. The summed E-state index contributed by atoms with van der Waals surface area (Å²) in [5, 5.41) is 3.03. The predicted molar refractivity (Wildman–Crippen MR) is 67.8 cm³/mol. The van der Waals surface area contributed by atoms with Crippen LogP contribution in [0.4, 0.5) is 10.3 Å². The van der Waals surface area contributed by atoms with Crippen LogP contribution in [0, 0.1) is 12.7 Å². The Morgan fingerprint density at radius 1 is 1.39 bits per heavy atom. The van der Waals surface area contributed by atoms with Gasteiger partial charge in [-0.25, -0.2) is 9.37 Å². The van der Waals surface area contributed by atoms with Crippen molar-refractivity contribution < 1.29 is 9.13 Å². The minimum absolute atomic E-state index is 0.180. The van der Waals surface area contributed by atoms with Crippen molar-refractivity contribution in [3.8, 4) is 11.6 Å². The molecule has 0 aliphatic carbocycles. The molecule has 0 bridgehead atoms. The summed E-state index contributed by atoms with van der Waals surface area (Å²) in [5.74, 6) is 0.550. The molecule has 0 fully saturated rings. The Bertz CT molecular complexity index is 577. The van der Waals surface area contributed by atoms with Gasteiger partial charge in [0.05, 0.1) is 6.20 Å². The molecule has 0 atom stereocenters. The number of anilines is 1. The van der Waals surface area contributed by atoms with Gasteiger partial charge in [0.2, 0.25) is 11.8 Å². The van der Waals surface area contributed by atoms with Crippen LogP contribution in [0.2, 0.25) is 5.02 Å².